The van der Waals surface area contributed by atoms with E-state index in [0.29, 0.717) is 12.2 Å². The topological polar surface area (TPSA) is 75.6 Å². The summed E-state index contributed by atoms with van der Waals surface area (Å²) in [4.78, 5) is 22.9. The molecule has 1 amide bonds. The fraction of sp³-hybridized carbons (Fsp3) is 0.385. The van der Waals surface area contributed by atoms with Crippen molar-refractivity contribution >= 4 is 23.8 Å². The Balaban J connectivity index is 1.88. The summed E-state index contributed by atoms with van der Waals surface area (Å²) in [6.07, 6.45) is -0.262. The van der Waals surface area contributed by atoms with E-state index < -0.39 is 17.6 Å². The molecule has 0 aromatic heterocycles. The molecule has 2 rings (SSSR count). The van der Waals surface area contributed by atoms with E-state index in [-0.39, 0.29) is 6.61 Å². The Hall–Kier alpha value is -1.69. The summed E-state index contributed by atoms with van der Waals surface area (Å²) in [6.45, 7) is 0.134. The SMILES string of the molecule is O=C(N[C@]1(C(=O)O)CCSC1)OCc1ccccc1. The van der Waals surface area contributed by atoms with Crippen molar-refractivity contribution in [2.45, 2.75) is 18.6 Å². The average Bonchev–Trinajstić information content (AvgIpc) is 2.87. The van der Waals surface area contributed by atoms with Gasteiger partial charge >= 0.3 is 12.1 Å². The van der Waals surface area contributed by atoms with Crippen LogP contribution in [-0.2, 0) is 16.1 Å². The second-order valence-electron chi connectivity index (χ2n) is 4.38. The van der Waals surface area contributed by atoms with Crippen molar-refractivity contribution in [2.24, 2.45) is 0 Å². The highest BCUT2D eigenvalue weighted by Crippen LogP contribution is 2.28. The van der Waals surface area contributed by atoms with Gasteiger partial charge in [-0.05, 0) is 17.7 Å². The third-order valence-corrected chi connectivity index (χ3v) is 4.17. The molecule has 1 fully saturated rings. The van der Waals surface area contributed by atoms with Crippen LogP contribution < -0.4 is 5.32 Å². The molecule has 19 heavy (non-hydrogen) atoms. The number of amides is 1. The van der Waals surface area contributed by atoms with E-state index in [1.807, 2.05) is 30.3 Å². The molecule has 1 heterocycles. The monoisotopic (exact) mass is 281 g/mol. The minimum absolute atomic E-state index is 0.134. The summed E-state index contributed by atoms with van der Waals surface area (Å²) in [6, 6.07) is 9.25. The van der Waals surface area contributed by atoms with Crippen molar-refractivity contribution in [3.05, 3.63) is 35.9 Å². The van der Waals surface area contributed by atoms with Gasteiger partial charge in [0.2, 0.25) is 0 Å². The van der Waals surface area contributed by atoms with Crippen LogP contribution in [0.15, 0.2) is 30.3 Å². The van der Waals surface area contributed by atoms with Gasteiger partial charge in [-0.3, -0.25) is 0 Å². The quantitative estimate of drug-likeness (QED) is 0.881. The number of rotatable bonds is 4. The number of alkyl carbamates (subject to hydrolysis) is 1. The van der Waals surface area contributed by atoms with Gasteiger partial charge in [0.25, 0.3) is 0 Å². The van der Waals surface area contributed by atoms with Gasteiger partial charge in [0, 0.05) is 5.75 Å². The summed E-state index contributed by atoms with van der Waals surface area (Å²) in [5.74, 6) is 0.0998. The molecule has 5 nitrogen and oxygen atoms in total. The minimum Gasteiger partial charge on any atom is -0.479 e. The fourth-order valence-electron chi connectivity index (χ4n) is 1.84. The number of carboxylic acids is 1. The first-order chi connectivity index (χ1) is 9.12. The lowest BCUT2D eigenvalue weighted by Crippen LogP contribution is -2.54. The maximum absolute atomic E-state index is 11.7. The van der Waals surface area contributed by atoms with Crippen molar-refractivity contribution in [1.82, 2.24) is 5.32 Å². The van der Waals surface area contributed by atoms with Crippen LogP contribution in [0, 0.1) is 0 Å². The number of ether oxygens (including phenoxy) is 1. The van der Waals surface area contributed by atoms with E-state index in [1.165, 1.54) is 11.8 Å². The number of carbonyl (C=O) groups excluding carboxylic acids is 1. The number of nitrogens with one attached hydrogen (secondary N) is 1. The second kappa shape index (κ2) is 5.97. The molecule has 1 aromatic carbocycles. The molecule has 0 bridgehead atoms. The first kappa shape index (κ1) is 13.7. The Morgan fingerprint density at radius 2 is 2.11 bits per heavy atom. The van der Waals surface area contributed by atoms with Crippen LogP contribution >= 0.6 is 11.8 Å². The zero-order chi connectivity index (χ0) is 13.7. The highest BCUT2D eigenvalue weighted by Gasteiger charge is 2.43. The second-order valence-corrected chi connectivity index (χ2v) is 5.48. The summed E-state index contributed by atoms with van der Waals surface area (Å²) >= 11 is 1.51. The molecule has 1 aliphatic heterocycles. The molecular formula is C13H15NO4S. The first-order valence-electron chi connectivity index (χ1n) is 5.92. The molecule has 1 saturated heterocycles. The van der Waals surface area contributed by atoms with Crippen LogP contribution in [0.2, 0.25) is 0 Å². The molecule has 0 aliphatic carbocycles. The van der Waals surface area contributed by atoms with Crippen LogP contribution in [0.25, 0.3) is 0 Å². The van der Waals surface area contributed by atoms with Gasteiger partial charge in [-0.25, -0.2) is 9.59 Å². The summed E-state index contributed by atoms with van der Waals surface area (Å²) in [5, 5.41) is 11.7. The molecular weight excluding hydrogens is 266 g/mol. The minimum atomic E-state index is -1.18. The largest absolute Gasteiger partial charge is 0.479 e. The highest BCUT2D eigenvalue weighted by molar-refractivity contribution is 7.99. The third kappa shape index (κ3) is 3.41. The fourth-order valence-corrected chi connectivity index (χ4v) is 3.17. The summed E-state index contributed by atoms with van der Waals surface area (Å²) in [5.41, 5.74) is -0.318. The van der Waals surface area contributed by atoms with Gasteiger partial charge in [0.1, 0.15) is 6.61 Å². The smallest absolute Gasteiger partial charge is 0.408 e. The lowest BCUT2D eigenvalue weighted by molar-refractivity contribution is -0.143. The van der Waals surface area contributed by atoms with E-state index in [0.717, 1.165) is 11.3 Å². The van der Waals surface area contributed by atoms with Gasteiger partial charge in [-0.2, -0.15) is 11.8 Å². The van der Waals surface area contributed by atoms with E-state index >= 15 is 0 Å². The van der Waals surface area contributed by atoms with Crippen molar-refractivity contribution in [3.8, 4) is 0 Å². The van der Waals surface area contributed by atoms with Crippen LogP contribution in [0.3, 0.4) is 0 Å². The number of benzene rings is 1. The van der Waals surface area contributed by atoms with Crippen LogP contribution in [-0.4, -0.2) is 34.2 Å². The predicted octanol–water partition coefficient (Wildman–Crippen LogP) is 1.87. The molecule has 1 aliphatic rings. The average molecular weight is 281 g/mol. The molecule has 0 unspecified atom stereocenters. The van der Waals surface area contributed by atoms with E-state index in [9.17, 15) is 14.7 Å². The first-order valence-corrected chi connectivity index (χ1v) is 7.08. The molecule has 0 saturated carbocycles. The zero-order valence-electron chi connectivity index (χ0n) is 10.3. The molecule has 0 spiro atoms. The molecule has 1 aromatic rings. The number of aliphatic carboxylic acids is 1. The van der Waals surface area contributed by atoms with Crippen molar-refractivity contribution in [3.63, 3.8) is 0 Å². The van der Waals surface area contributed by atoms with Crippen LogP contribution in [0.4, 0.5) is 4.79 Å². The van der Waals surface area contributed by atoms with Gasteiger partial charge in [0.15, 0.2) is 5.54 Å². The number of carboxylic acid groups (broad SMARTS) is 1. The van der Waals surface area contributed by atoms with E-state index in [1.54, 1.807) is 0 Å². The van der Waals surface area contributed by atoms with Gasteiger partial charge < -0.3 is 15.2 Å². The van der Waals surface area contributed by atoms with Crippen LogP contribution in [0.5, 0.6) is 0 Å². The standard InChI is InChI=1S/C13H15NO4S/c15-11(16)13(6-7-19-9-13)14-12(17)18-8-10-4-2-1-3-5-10/h1-5H,6-9H2,(H,14,17)(H,15,16)/t13-/m1/s1. The molecule has 102 valence electrons. The van der Waals surface area contributed by atoms with Crippen LogP contribution in [0.1, 0.15) is 12.0 Å². The Kier molecular flexibility index (Phi) is 4.31. The molecule has 1 atom stereocenters. The third-order valence-electron chi connectivity index (χ3n) is 2.99. The number of carbonyl (C=O) groups is 2. The van der Waals surface area contributed by atoms with Gasteiger partial charge in [0.05, 0.1) is 0 Å². The van der Waals surface area contributed by atoms with Crippen molar-refractivity contribution in [2.75, 3.05) is 11.5 Å². The Morgan fingerprint density at radius 3 is 2.68 bits per heavy atom. The maximum Gasteiger partial charge on any atom is 0.408 e. The van der Waals surface area contributed by atoms with Gasteiger partial charge in [-0.1, -0.05) is 30.3 Å². The Labute approximate surface area is 115 Å². The molecule has 6 heteroatoms. The van der Waals surface area contributed by atoms with E-state index in [2.05, 4.69) is 5.32 Å². The maximum atomic E-state index is 11.7. The zero-order valence-corrected chi connectivity index (χ0v) is 11.1. The lowest BCUT2D eigenvalue weighted by Gasteiger charge is -2.23. The Bertz CT molecular complexity index is 457. The predicted molar refractivity (Wildman–Crippen MR) is 72.1 cm³/mol. The molecule has 2 N–H and O–H groups in total. The van der Waals surface area contributed by atoms with Gasteiger partial charge in [-0.15, -0.1) is 0 Å². The number of hydrogen-bond acceptors (Lipinski definition) is 4. The lowest BCUT2D eigenvalue weighted by atomic mass is 10.00. The van der Waals surface area contributed by atoms with Crippen molar-refractivity contribution in [1.29, 1.82) is 0 Å². The normalized spacial score (nSPS) is 21.9. The highest BCUT2D eigenvalue weighted by atomic mass is 32.2. The van der Waals surface area contributed by atoms with E-state index in [4.69, 9.17) is 4.74 Å². The Morgan fingerprint density at radius 1 is 1.37 bits per heavy atom. The number of thioether (sulfide) groups is 1. The summed E-state index contributed by atoms with van der Waals surface area (Å²) < 4.78 is 5.04. The molecule has 0 radical (unpaired) electrons. The summed E-state index contributed by atoms with van der Waals surface area (Å²) in [7, 11) is 0. The number of hydrogen-bond donors (Lipinski definition) is 2. The van der Waals surface area contributed by atoms with Crippen molar-refractivity contribution < 1.29 is 19.4 Å².